The number of nitrogens with one attached hydrogen (secondary N) is 2. The number of nitrogens with zero attached hydrogens (tertiary/aromatic N) is 4. The van der Waals surface area contributed by atoms with Crippen LogP contribution in [0.25, 0.3) is 10.4 Å². The number of azide groups is 1. The summed E-state index contributed by atoms with van der Waals surface area (Å²) in [6.07, 6.45) is 1.73. The molecule has 2 atom stereocenters. The van der Waals surface area contributed by atoms with Gasteiger partial charge in [0.15, 0.2) is 0 Å². The molecule has 0 saturated carbocycles. The molecule has 2 unspecified atom stereocenters. The number of aliphatic carboxylic acids is 3. The summed E-state index contributed by atoms with van der Waals surface area (Å²) in [5.74, 6) is -4.05. The first-order valence-corrected chi connectivity index (χ1v) is 11.7. The number of likely N-dealkylation sites (N-methyl/N-ethyl adjacent to an activating group) is 1. The van der Waals surface area contributed by atoms with Gasteiger partial charge in [0.25, 0.3) is 0 Å². The number of carboxylic acid groups (broad SMARTS) is 3. The molecule has 202 valence electrons. The van der Waals surface area contributed by atoms with Gasteiger partial charge in [0.05, 0.1) is 0 Å². The number of carbonyl (C=O) groups excluding carboxylic acids is 2. The largest absolute Gasteiger partial charge is 0.481 e. The van der Waals surface area contributed by atoms with Crippen molar-refractivity contribution in [2.24, 2.45) is 5.11 Å². The van der Waals surface area contributed by atoms with Gasteiger partial charge in [0.1, 0.15) is 12.1 Å². The lowest BCUT2D eigenvalue weighted by Crippen LogP contribution is -2.52. The molecule has 0 saturated heterocycles. The predicted octanol–water partition coefficient (Wildman–Crippen LogP) is 2.65. The van der Waals surface area contributed by atoms with Gasteiger partial charge in [-0.25, -0.2) is 14.4 Å². The van der Waals surface area contributed by atoms with Crippen LogP contribution in [0, 0.1) is 0 Å². The molecule has 0 bridgehead atoms. The Hall–Kier alpha value is -4.32. The highest BCUT2D eigenvalue weighted by Crippen LogP contribution is 2.15. The number of unbranched alkanes of at least 4 members (excludes halogenated alkanes) is 1. The van der Waals surface area contributed by atoms with Crippen molar-refractivity contribution in [1.82, 2.24) is 15.5 Å². The summed E-state index contributed by atoms with van der Waals surface area (Å²) >= 11 is 0. The van der Waals surface area contributed by atoms with E-state index in [4.69, 9.17) is 15.7 Å². The Morgan fingerprint density at radius 1 is 0.973 bits per heavy atom. The van der Waals surface area contributed by atoms with E-state index in [0.717, 1.165) is 10.5 Å². The second kappa shape index (κ2) is 16.4. The third-order valence-electron chi connectivity index (χ3n) is 5.51. The summed E-state index contributed by atoms with van der Waals surface area (Å²) in [6.45, 7) is 0.332. The second-order valence-electron chi connectivity index (χ2n) is 8.29. The van der Waals surface area contributed by atoms with Crippen LogP contribution in [-0.4, -0.2) is 75.7 Å². The number of rotatable bonds is 17. The summed E-state index contributed by atoms with van der Waals surface area (Å²) < 4.78 is 0. The van der Waals surface area contributed by atoms with Gasteiger partial charge in [0, 0.05) is 37.0 Å². The fourth-order valence-electron chi connectivity index (χ4n) is 3.41. The quantitative estimate of drug-likeness (QED) is 0.0886. The molecule has 1 rings (SSSR count). The molecule has 0 spiro atoms. The lowest BCUT2D eigenvalue weighted by atomic mass is 10.1. The van der Waals surface area contributed by atoms with Crippen LogP contribution in [0.1, 0.15) is 50.5 Å². The number of urea groups is 1. The molecule has 0 fully saturated rings. The summed E-state index contributed by atoms with van der Waals surface area (Å²) in [6, 6.07) is 3.43. The second-order valence-corrected chi connectivity index (χ2v) is 8.29. The van der Waals surface area contributed by atoms with Gasteiger partial charge in [-0.3, -0.25) is 9.59 Å². The zero-order valence-corrected chi connectivity index (χ0v) is 20.5. The molecule has 5 N–H and O–H groups in total. The molecule has 0 aliphatic carbocycles. The van der Waals surface area contributed by atoms with E-state index in [1.54, 1.807) is 12.1 Å². The smallest absolute Gasteiger partial charge is 0.326 e. The highest BCUT2D eigenvalue weighted by molar-refractivity contribution is 5.86. The molecule has 1 aromatic carbocycles. The van der Waals surface area contributed by atoms with Crippen LogP contribution in [0.5, 0.6) is 0 Å². The van der Waals surface area contributed by atoms with E-state index >= 15 is 0 Å². The average molecular weight is 521 g/mol. The zero-order valence-electron chi connectivity index (χ0n) is 20.5. The van der Waals surface area contributed by atoms with Crippen LogP contribution in [0.4, 0.5) is 10.5 Å². The molecule has 14 heteroatoms. The summed E-state index contributed by atoms with van der Waals surface area (Å²) in [5, 5.41) is 35.8. The SMILES string of the molecule is CN(C(=O)NC(CCC(=O)O)C(=O)O)C(CCCCNC(=O)CCCc1ccc(N=[N+]=[N-])cc1)C(=O)O. The van der Waals surface area contributed by atoms with E-state index in [1.165, 1.54) is 7.05 Å². The van der Waals surface area contributed by atoms with Gasteiger partial charge < -0.3 is 30.9 Å². The maximum absolute atomic E-state index is 12.3. The van der Waals surface area contributed by atoms with Crippen molar-refractivity contribution in [3.63, 3.8) is 0 Å². The summed E-state index contributed by atoms with van der Waals surface area (Å²) in [5.41, 5.74) is 9.93. The fraction of sp³-hybridized carbons (Fsp3) is 0.522. The Labute approximate surface area is 213 Å². The molecular formula is C23H32N6O8. The minimum Gasteiger partial charge on any atom is -0.481 e. The van der Waals surface area contributed by atoms with Crippen molar-refractivity contribution in [3.8, 4) is 0 Å². The standard InChI is InChI=1S/C23H32N6O8/c1-29(23(37)26-17(21(33)34)12-13-20(31)32)18(22(35)36)6-2-3-14-25-19(30)7-4-5-15-8-10-16(11-9-15)27-28-24/h8-11,17-18H,2-7,12-14H2,1H3,(H,25,30)(H,26,37)(H,31,32)(H,33,34)(H,35,36). The molecule has 0 aliphatic heterocycles. The number of carbonyl (C=O) groups is 5. The van der Waals surface area contributed by atoms with Crippen LogP contribution >= 0.6 is 0 Å². The van der Waals surface area contributed by atoms with Gasteiger partial charge in [-0.1, -0.05) is 29.4 Å². The first-order chi connectivity index (χ1) is 17.5. The van der Waals surface area contributed by atoms with Gasteiger partial charge in [-0.2, -0.15) is 0 Å². The Balaban J connectivity index is 2.37. The Kier molecular flexibility index (Phi) is 13.6. The van der Waals surface area contributed by atoms with Crippen molar-refractivity contribution >= 4 is 35.5 Å². The highest BCUT2D eigenvalue weighted by Gasteiger charge is 2.29. The molecular weight excluding hydrogens is 488 g/mol. The van der Waals surface area contributed by atoms with E-state index < -0.39 is 42.4 Å². The zero-order chi connectivity index (χ0) is 27.8. The number of hydrogen-bond donors (Lipinski definition) is 5. The molecule has 0 radical (unpaired) electrons. The number of amides is 3. The maximum Gasteiger partial charge on any atom is 0.326 e. The topological polar surface area (TPSA) is 222 Å². The van der Waals surface area contributed by atoms with Gasteiger partial charge in [0.2, 0.25) is 5.91 Å². The summed E-state index contributed by atoms with van der Waals surface area (Å²) in [7, 11) is 1.22. The Bertz CT molecular complexity index is 993. The first-order valence-electron chi connectivity index (χ1n) is 11.7. The van der Waals surface area contributed by atoms with Gasteiger partial charge in [-0.05, 0) is 49.6 Å². The molecule has 3 amide bonds. The van der Waals surface area contributed by atoms with Crippen molar-refractivity contribution in [2.75, 3.05) is 13.6 Å². The molecule has 1 aromatic rings. The number of hydrogen-bond acceptors (Lipinski definition) is 6. The van der Waals surface area contributed by atoms with Gasteiger partial charge >= 0.3 is 23.9 Å². The van der Waals surface area contributed by atoms with E-state index in [0.29, 0.717) is 44.3 Å². The molecule has 0 heterocycles. The van der Waals surface area contributed by atoms with Crippen LogP contribution in [0.2, 0.25) is 0 Å². The van der Waals surface area contributed by atoms with Crippen LogP contribution in [0.3, 0.4) is 0 Å². The van der Waals surface area contributed by atoms with E-state index in [-0.39, 0.29) is 18.7 Å². The average Bonchev–Trinajstić information content (AvgIpc) is 2.84. The lowest BCUT2D eigenvalue weighted by Gasteiger charge is -2.26. The minimum absolute atomic E-state index is 0.0772. The molecule has 0 aromatic heterocycles. The number of aryl methyl sites for hydroxylation is 1. The monoisotopic (exact) mass is 520 g/mol. The number of benzene rings is 1. The van der Waals surface area contributed by atoms with Crippen molar-refractivity contribution < 1.29 is 39.3 Å². The molecule has 14 nitrogen and oxygen atoms in total. The normalized spacial score (nSPS) is 11.9. The van der Waals surface area contributed by atoms with Crippen molar-refractivity contribution in [3.05, 3.63) is 40.3 Å². The highest BCUT2D eigenvalue weighted by atomic mass is 16.4. The Morgan fingerprint density at radius 2 is 1.65 bits per heavy atom. The Morgan fingerprint density at radius 3 is 2.22 bits per heavy atom. The number of carboxylic acids is 3. The lowest BCUT2D eigenvalue weighted by molar-refractivity contribution is -0.142. The predicted molar refractivity (Wildman–Crippen MR) is 131 cm³/mol. The first kappa shape index (κ1) is 30.7. The van der Waals surface area contributed by atoms with E-state index in [9.17, 15) is 29.1 Å². The van der Waals surface area contributed by atoms with E-state index in [1.807, 2.05) is 12.1 Å². The third-order valence-corrected chi connectivity index (χ3v) is 5.51. The molecule has 0 aliphatic rings. The fourth-order valence-corrected chi connectivity index (χ4v) is 3.41. The molecule has 37 heavy (non-hydrogen) atoms. The van der Waals surface area contributed by atoms with E-state index in [2.05, 4.69) is 20.7 Å². The van der Waals surface area contributed by atoms with Crippen LogP contribution in [-0.2, 0) is 25.6 Å². The van der Waals surface area contributed by atoms with Gasteiger partial charge in [-0.15, -0.1) is 0 Å². The van der Waals surface area contributed by atoms with Crippen molar-refractivity contribution in [1.29, 1.82) is 0 Å². The third kappa shape index (κ3) is 12.3. The van der Waals surface area contributed by atoms with Crippen LogP contribution < -0.4 is 10.6 Å². The van der Waals surface area contributed by atoms with Crippen molar-refractivity contribution in [2.45, 2.75) is 63.5 Å². The van der Waals surface area contributed by atoms with Crippen LogP contribution in [0.15, 0.2) is 29.4 Å². The maximum atomic E-state index is 12.3. The summed E-state index contributed by atoms with van der Waals surface area (Å²) in [4.78, 5) is 61.5. The minimum atomic E-state index is -1.47.